The van der Waals surface area contributed by atoms with Gasteiger partial charge in [0.1, 0.15) is 11.9 Å². The van der Waals surface area contributed by atoms with E-state index in [1.807, 2.05) is 31.2 Å². The molecule has 1 aromatic rings. The second-order valence-electron chi connectivity index (χ2n) is 4.55. The first-order valence-corrected chi connectivity index (χ1v) is 6.41. The minimum atomic E-state index is -0.394. The zero-order valence-corrected chi connectivity index (χ0v) is 10.5. The van der Waals surface area contributed by atoms with E-state index >= 15 is 0 Å². The van der Waals surface area contributed by atoms with Crippen LogP contribution in [0.2, 0.25) is 0 Å². The third kappa shape index (κ3) is 2.64. The van der Waals surface area contributed by atoms with E-state index < -0.39 is 6.10 Å². The highest BCUT2D eigenvalue weighted by Gasteiger charge is 2.27. The van der Waals surface area contributed by atoms with Crippen LogP contribution < -0.4 is 4.74 Å². The number of ether oxygens (including phenoxy) is 1. The largest absolute Gasteiger partial charge is 0.487 e. The van der Waals surface area contributed by atoms with E-state index in [2.05, 4.69) is 5.16 Å². The third-order valence-electron chi connectivity index (χ3n) is 3.35. The molecule has 0 saturated heterocycles. The number of para-hydroxylation sites is 1. The SMILES string of the molecule is CC/C(=N\O)c1ccccc1OC1CCCC1O. The van der Waals surface area contributed by atoms with Gasteiger partial charge in [0, 0.05) is 5.56 Å². The molecule has 0 aliphatic heterocycles. The van der Waals surface area contributed by atoms with E-state index in [4.69, 9.17) is 9.94 Å². The molecule has 0 spiro atoms. The van der Waals surface area contributed by atoms with Crippen molar-refractivity contribution in [1.29, 1.82) is 0 Å². The Kier molecular flexibility index (Phi) is 4.20. The van der Waals surface area contributed by atoms with Crippen molar-refractivity contribution in [1.82, 2.24) is 0 Å². The molecule has 1 aliphatic rings. The number of aliphatic hydroxyl groups excluding tert-OH is 1. The van der Waals surface area contributed by atoms with Crippen molar-refractivity contribution in [3.8, 4) is 5.75 Å². The summed E-state index contributed by atoms with van der Waals surface area (Å²) in [6.07, 6.45) is 2.74. The highest BCUT2D eigenvalue weighted by atomic mass is 16.5. The summed E-state index contributed by atoms with van der Waals surface area (Å²) in [5, 5.41) is 22.1. The van der Waals surface area contributed by atoms with Gasteiger partial charge in [-0.1, -0.05) is 24.2 Å². The molecule has 1 aliphatic carbocycles. The van der Waals surface area contributed by atoms with Crippen LogP contribution in [0.15, 0.2) is 29.4 Å². The number of hydrogen-bond acceptors (Lipinski definition) is 4. The van der Waals surface area contributed by atoms with Crippen molar-refractivity contribution >= 4 is 5.71 Å². The lowest BCUT2D eigenvalue weighted by Crippen LogP contribution is -2.26. The topological polar surface area (TPSA) is 62.1 Å². The van der Waals surface area contributed by atoms with E-state index in [1.165, 1.54) is 0 Å². The van der Waals surface area contributed by atoms with Crippen LogP contribution >= 0.6 is 0 Å². The molecule has 2 N–H and O–H groups in total. The number of hydrogen-bond donors (Lipinski definition) is 2. The predicted molar refractivity (Wildman–Crippen MR) is 69.3 cm³/mol. The molecule has 1 aromatic carbocycles. The van der Waals surface area contributed by atoms with E-state index in [1.54, 1.807) is 0 Å². The highest BCUT2D eigenvalue weighted by molar-refractivity contribution is 6.02. The van der Waals surface area contributed by atoms with Crippen LogP contribution in [0, 0.1) is 0 Å². The van der Waals surface area contributed by atoms with Crippen molar-refractivity contribution in [2.45, 2.75) is 44.8 Å². The maximum atomic E-state index is 9.79. The molecule has 0 amide bonds. The van der Waals surface area contributed by atoms with Crippen LogP contribution in [0.3, 0.4) is 0 Å². The molecule has 98 valence electrons. The minimum Gasteiger partial charge on any atom is -0.487 e. The Labute approximate surface area is 107 Å². The van der Waals surface area contributed by atoms with E-state index in [-0.39, 0.29) is 6.10 Å². The summed E-state index contributed by atoms with van der Waals surface area (Å²) < 4.78 is 5.86. The second-order valence-corrected chi connectivity index (χ2v) is 4.55. The Morgan fingerprint density at radius 1 is 1.39 bits per heavy atom. The smallest absolute Gasteiger partial charge is 0.129 e. The molecule has 0 aromatic heterocycles. The fourth-order valence-electron chi connectivity index (χ4n) is 2.33. The molecular weight excluding hydrogens is 230 g/mol. The molecule has 18 heavy (non-hydrogen) atoms. The third-order valence-corrected chi connectivity index (χ3v) is 3.35. The zero-order valence-electron chi connectivity index (χ0n) is 10.5. The number of aliphatic hydroxyl groups is 1. The minimum absolute atomic E-state index is 0.150. The van der Waals surface area contributed by atoms with Crippen LogP contribution in [0.1, 0.15) is 38.2 Å². The Bertz CT molecular complexity index is 431. The molecule has 4 heteroatoms. The van der Waals surface area contributed by atoms with Crippen LogP contribution in [-0.2, 0) is 0 Å². The molecule has 1 saturated carbocycles. The van der Waals surface area contributed by atoms with Crippen LogP contribution in [0.5, 0.6) is 5.75 Å². The molecule has 2 atom stereocenters. The maximum absolute atomic E-state index is 9.79. The van der Waals surface area contributed by atoms with Crippen molar-refractivity contribution in [3.05, 3.63) is 29.8 Å². The monoisotopic (exact) mass is 249 g/mol. The van der Waals surface area contributed by atoms with Gasteiger partial charge < -0.3 is 15.1 Å². The molecule has 2 rings (SSSR count). The van der Waals surface area contributed by atoms with Crippen LogP contribution in [0.25, 0.3) is 0 Å². The summed E-state index contributed by atoms with van der Waals surface area (Å²) in [5.41, 5.74) is 1.39. The van der Waals surface area contributed by atoms with Gasteiger partial charge >= 0.3 is 0 Å². The molecule has 0 radical (unpaired) electrons. The normalized spacial score (nSPS) is 24.2. The fourth-order valence-corrected chi connectivity index (χ4v) is 2.33. The van der Waals surface area contributed by atoms with E-state index in [9.17, 15) is 5.11 Å². The number of benzene rings is 1. The first kappa shape index (κ1) is 12.9. The van der Waals surface area contributed by atoms with Gasteiger partial charge in [0.05, 0.1) is 11.8 Å². The molecular formula is C14H19NO3. The second kappa shape index (κ2) is 5.87. The van der Waals surface area contributed by atoms with E-state index in [0.717, 1.165) is 24.8 Å². The quantitative estimate of drug-likeness (QED) is 0.490. The summed E-state index contributed by atoms with van der Waals surface area (Å²) in [4.78, 5) is 0. The van der Waals surface area contributed by atoms with Gasteiger partial charge in [0.2, 0.25) is 0 Å². The first-order chi connectivity index (χ1) is 8.76. The molecule has 2 unspecified atom stereocenters. The summed E-state index contributed by atoms with van der Waals surface area (Å²) >= 11 is 0. The standard InChI is InChI=1S/C14H19NO3/c1-2-11(15-17)10-6-3-4-8-13(10)18-14-9-5-7-12(14)16/h3-4,6,8,12,14,16-17H,2,5,7,9H2,1H3/b15-11+. The Balaban J connectivity index is 2.22. The Morgan fingerprint density at radius 3 is 2.78 bits per heavy atom. The van der Waals surface area contributed by atoms with Crippen LogP contribution in [-0.4, -0.2) is 28.2 Å². The highest BCUT2D eigenvalue weighted by Crippen LogP contribution is 2.27. The van der Waals surface area contributed by atoms with Gasteiger partial charge in [0.15, 0.2) is 0 Å². The summed E-state index contributed by atoms with van der Waals surface area (Å²) in [6.45, 7) is 1.93. The van der Waals surface area contributed by atoms with Crippen molar-refractivity contribution in [3.63, 3.8) is 0 Å². The first-order valence-electron chi connectivity index (χ1n) is 6.41. The Morgan fingerprint density at radius 2 is 2.17 bits per heavy atom. The van der Waals surface area contributed by atoms with Crippen molar-refractivity contribution in [2.75, 3.05) is 0 Å². The van der Waals surface area contributed by atoms with Gasteiger partial charge in [0.25, 0.3) is 0 Å². The van der Waals surface area contributed by atoms with Gasteiger partial charge in [-0.25, -0.2) is 0 Å². The van der Waals surface area contributed by atoms with Gasteiger partial charge in [-0.15, -0.1) is 0 Å². The van der Waals surface area contributed by atoms with Crippen LogP contribution in [0.4, 0.5) is 0 Å². The van der Waals surface area contributed by atoms with Crippen molar-refractivity contribution < 1.29 is 15.1 Å². The predicted octanol–water partition coefficient (Wildman–Crippen LogP) is 2.57. The average Bonchev–Trinajstić information content (AvgIpc) is 2.79. The lowest BCUT2D eigenvalue weighted by molar-refractivity contribution is 0.0602. The summed E-state index contributed by atoms with van der Waals surface area (Å²) in [6, 6.07) is 7.48. The molecule has 0 bridgehead atoms. The van der Waals surface area contributed by atoms with E-state index in [0.29, 0.717) is 17.9 Å². The number of rotatable bonds is 4. The fraction of sp³-hybridized carbons (Fsp3) is 0.500. The van der Waals surface area contributed by atoms with Gasteiger partial charge in [-0.2, -0.15) is 0 Å². The molecule has 4 nitrogen and oxygen atoms in total. The number of nitrogens with zero attached hydrogens (tertiary/aromatic N) is 1. The van der Waals surface area contributed by atoms with Gasteiger partial charge in [-0.3, -0.25) is 0 Å². The lowest BCUT2D eigenvalue weighted by atomic mass is 10.1. The van der Waals surface area contributed by atoms with Gasteiger partial charge in [-0.05, 0) is 37.8 Å². The molecule has 1 fully saturated rings. The summed E-state index contributed by atoms with van der Waals surface area (Å²) in [7, 11) is 0. The molecule has 0 heterocycles. The number of oxime groups is 1. The van der Waals surface area contributed by atoms with Crippen molar-refractivity contribution in [2.24, 2.45) is 5.16 Å². The zero-order chi connectivity index (χ0) is 13.0. The summed E-state index contributed by atoms with van der Waals surface area (Å²) in [5.74, 6) is 0.679. The maximum Gasteiger partial charge on any atom is 0.129 e. The Hall–Kier alpha value is -1.55. The average molecular weight is 249 g/mol. The lowest BCUT2D eigenvalue weighted by Gasteiger charge is -2.19.